The molecular weight excluding hydrogens is 152 g/mol. The van der Waals surface area contributed by atoms with E-state index in [0.29, 0.717) is 5.92 Å². The second-order valence-corrected chi connectivity index (χ2v) is 3.46. The van der Waals surface area contributed by atoms with E-state index in [1.54, 1.807) is 13.3 Å². The minimum atomic E-state index is -0.469. The van der Waals surface area contributed by atoms with Gasteiger partial charge in [0.1, 0.15) is 0 Å². The Bertz CT molecular complexity index is 263. The standard InChI is InChI=1S/C9H16N2O/c1-6(2)9-8(7(3)12)10-5-11(9)4/h5-7,12H,1-4H3. The fourth-order valence-corrected chi connectivity index (χ4v) is 1.48. The number of hydrogen-bond donors (Lipinski definition) is 1. The van der Waals surface area contributed by atoms with E-state index in [1.807, 2.05) is 11.6 Å². The Morgan fingerprint density at radius 1 is 1.42 bits per heavy atom. The second-order valence-electron chi connectivity index (χ2n) is 3.46. The van der Waals surface area contributed by atoms with Crippen LogP contribution in [0.15, 0.2) is 6.33 Å². The predicted molar refractivity (Wildman–Crippen MR) is 47.9 cm³/mol. The van der Waals surface area contributed by atoms with E-state index in [0.717, 1.165) is 11.4 Å². The summed E-state index contributed by atoms with van der Waals surface area (Å²) in [6.07, 6.45) is 1.28. The van der Waals surface area contributed by atoms with E-state index in [9.17, 15) is 5.11 Å². The van der Waals surface area contributed by atoms with Crippen molar-refractivity contribution in [1.82, 2.24) is 9.55 Å². The van der Waals surface area contributed by atoms with Crippen molar-refractivity contribution >= 4 is 0 Å². The molecule has 0 saturated heterocycles. The smallest absolute Gasteiger partial charge is 0.0950 e. The van der Waals surface area contributed by atoms with Gasteiger partial charge >= 0.3 is 0 Å². The Kier molecular flexibility index (Phi) is 2.52. The molecule has 0 saturated carbocycles. The fraction of sp³-hybridized carbons (Fsp3) is 0.667. The van der Waals surface area contributed by atoms with E-state index in [4.69, 9.17) is 0 Å². The zero-order valence-corrected chi connectivity index (χ0v) is 8.07. The average Bonchev–Trinajstić information content (AvgIpc) is 2.30. The van der Waals surface area contributed by atoms with Gasteiger partial charge in [-0.05, 0) is 12.8 Å². The van der Waals surface area contributed by atoms with Crippen molar-refractivity contribution in [1.29, 1.82) is 0 Å². The molecule has 1 N–H and O–H groups in total. The van der Waals surface area contributed by atoms with Gasteiger partial charge in [0.05, 0.1) is 18.1 Å². The van der Waals surface area contributed by atoms with Crippen LogP contribution in [0.4, 0.5) is 0 Å². The van der Waals surface area contributed by atoms with Gasteiger partial charge < -0.3 is 9.67 Å². The van der Waals surface area contributed by atoms with Crippen LogP contribution in [0.1, 0.15) is 44.2 Å². The number of imidazole rings is 1. The summed E-state index contributed by atoms with van der Waals surface area (Å²) in [7, 11) is 1.95. The molecule has 12 heavy (non-hydrogen) atoms. The molecule has 0 bridgehead atoms. The first-order valence-corrected chi connectivity index (χ1v) is 4.23. The summed E-state index contributed by atoms with van der Waals surface area (Å²) in [4.78, 5) is 4.15. The predicted octanol–water partition coefficient (Wildman–Crippen LogP) is 1.60. The highest BCUT2D eigenvalue weighted by molar-refractivity contribution is 5.18. The van der Waals surface area contributed by atoms with Gasteiger partial charge in [0.15, 0.2) is 0 Å². The SMILES string of the molecule is CC(C)c1c(C(C)O)ncn1C. The van der Waals surface area contributed by atoms with Gasteiger partial charge in [0.25, 0.3) is 0 Å². The molecule has 1 aromatic heterocycles. The molecule has 1 atom stereocenters. The van der Waals surface area contributed by atoms with Crippen LogP contribution < -0.4 is 0 Å². The number of aliphatic hydroxyl groups is 1. The fourth-order valence-electron chi connectivity index (χ4n) is 1.48. The second kappa shape index (κ2) is 3.27. The Labute approximate surface area is 73.1 Å². The molecule has 3 heteroatoms. The third-order valence-electron chi connectivity index (χ3n) is 1.96. The summed E-state index contributed by atoms with van der Waals surface area (Å²) >= 11 is 0. The van der Waals surface area contributed by atoms with Crippen molar-refractivity contribution in [3.05, 3.63) is 17.7 Å². The lowest BCUT2D eigenvalue weighted by atomic mass is 10.1. The molecular formula is C9H16N2O. The van der Waals surface area contributed by atoms with Crippen LogP contribution in [0, 0.1) is 0 Å². The van der Waals surface area contributed by atoms with Crippen LogP contribution >= 0.6 is 0 Å². The van der Waals surface area contributed by atoms with Gasteiger partial charge in [0, 0.05) is 12.7 Å². The van der Waals surface area contributed by atoms with Gasteiger partial charge in [-0.25, -0.2) is 4.98 Å². The Morgan fingerprint density at radius 2 is 2.00 bits per heavy atom. The number of aryl methyl sites for hydroxylation is 1. The minimum Gasteiger partial charge on any atom is -0.387 e. The normalized spacial score (nSPS) is 13.8. The number of aromatic nitrogens is 2. The molecule has 68 valence electrons. The average molecular weight is 168 g/mol. The summed E-state index contributed by atoms with van der Waals surface area (Å²) < 4.78 is 1.96. The van der Waals surface area contributed by atoms with Crippen LogP contribution in [0.2, 0.25) is 0 Å². The van der Waals surface area contributed by atoms with Gasteiger partial charge in [-0.2, -0.15) is 0 Å². The monoisotopic (exact) mass is 168 g/mol. The lowest BCUT2D eigenvalue weighted by Crippen LogP contribution is -2.03. The van der Waals surface area contributed by atoms with E-state index in [1.165, 1.54) is 0 Å². The quantitative estimate of drug-likeness (QED) is 0.728. The van der Waals surface area contributed by atoms with Crippen molar-refractivity contribution in [2.75, 3.05) is 0 Å². The van der Waals surface area contributed by atoms with E-state index in [-0.39, 0.29) is 0 Å². The molecule has 1 heterocycles. The topological polar surface area (TPSA) is 38.1 Å². The number of nitrogens with zero attached hydrogens (tertiary/aromatic N) is 2. The van der Waals surface area contributed by atoms with Crippen LogP contribution in [-0.2, 0) is 7.05 Å². The molecule has 0 spiro atoms. The maximum absolute atomic E-state index is 9.39. The summed E-state index contributed by atoms with van der Waals surface area (Å²) in [5.41, 5.74) is 1.91. The van der Waals surface area contributed by atoms with E-state index in [2.05, 4.69) is 18.8 Å². The highest BCUT2D eigenvalue weighted by Crippen LogP contribution is 2.22. The highest BCUT2D eigenvalue weighted by Gasteiger charge is 2.15. The van der Waals surface area contributed by atoms with Gasteiger partial charge in [-0.1, -0.05) is 13.8 Å². The molecule has 0 amide bonds. The Balaban J connectivity index is 3.12. The first-order chi connectivity index (χ1) is 5.54. The Hall–Kier alpha value is -0.830. The van der Waals surface area contributed by atoms with Crippen LogP contribution in [0.3, 0.4) is 0 Å². The van der Waals surface area contributed by atoms with Gasteiger partial charge in [-0.15, -0.1) is 0 Å². The Morgan fingerprint density at radius 3 is 2.33 bits per heavy atom. The molecule has 3 nitrogen and oxygen atoms in total. The number of rotatable bonds is 2. The molecule has 0 aliphatic carbocycles. The van der Waals surface area contributed by atoms with Crippen molar-refractivity contribution in [2.24, 2.45) is 7.05 Å². The van der Waals surface area contributed by atoms with E-state index < -0.39 is 6.10 Å². The third-order valence-corrected chi connectivity index (χ3v) is 1.96. The van der Waals surface area contributed by atoms with Gasteiger partial charge in [0.2, 0.25) is 0 Å². The van der Waals surface area contributed by atoms with Crippen molar-refractivity contribution in [2.45, 2.75) is 32.8 Å². The molecule has 1 unspecified atom stereocenters. The molecule has 0 aliphatic rings. The maximum Gasteiger partial charge on any atom is 0.0950 e. The zero-order chi connectivity index (χ0) is 9.30. The lowest BCUT2D eigenvalue weighted by Gasteiger charge is -2.10. The molecule has 0 radical (unpaired) electrons. The number of hydrogen-bond acceptors (Lipinski definition) is 2. The minimum absolute atomic E-state index is 0.405. The lowest BCUT2D eigenvalue weighted by molar-refractivity contribution is 0.193. The van der Waals surface area contributed by atoms with Crippen LogP contribution in [-0.4, -0.2) is 14.7 Å². The van der Waals surface area contributed by atoms with Crippen LogP contribution in [0.5, 0.6) is 0 Å². The van der Waals surface area contributed by atoms with Crippen molar-refractivity contribution in [3.8, 4) is 0 Å². The summed E-state index contributed by atoms with van der Waals surface area (Å²) in [6.45, 7) is 5.94. The van der Waals surface area contributed by atoms with Crippen molar-refractivity contribution < 1.29 is 5.11 Å². The molecule has 0 aromatic carbocycles. The first-order valence-electron chi connectivity index (χ1n) is 4.23. The molecule has 1 rings (SSSR count). The summed E-state index contributed by atoms with van der Waals surface area (Å²) in [6, 6.07) is 0. The zero-order valence-electron chi connectivity index (χ0n) is 8.07. The largest absolute Gasteiger partial charge is 0.387 e. The third kappa shape index (κ3) is 1.50. The van der Waals surface area contributed by atoms with Gasteiger partial charge in [-0.3, -0.25) is 0 Å². The summed E-state index contributed by atoms with van der Waals surface area (Å²) in [5.74, 6) is 0.405. The van der Waals surface area contributed by atoms with Crippen molar-refractivity contribution in [3.63, 3.8) is 0 Å². The number of aliphatic hydroxyl groups excluding tert-OH is 1. The molecule has 1 aromatic rings. The van der Waals surface area contributed by atoms with Crippen LogP contribution in [0.25, 0.3) is 0 Å². The highest BCUT2D eigenvalue weighted by atomic mass is 16.3. The maximum atomic E-state index is 9.39. The van der Waals surface area contributed by atoms with E-state index >= 15 is 0 Å². The molecule has 0 fully saturated rings. The molecule has 0 aliphatic heterocycles. The summed E-state index contributed by atoms with van der Waals surface area (Å²) in [5, 5.41) is 9.39. The first kappa shape index (κ1) is 9.26.